The maximum atomic E-state index is 13.2. The molecule has 0 atom stereocenters. The number of nitrogens with zero attached hydrogens (tertiary/aromatic N) is 2. The lowest BCUT2D eigenvalue weighted by atomic mass is 10.1. The third kappa shape index (κ3) is 4.20. The lowest BCUT2D eigenvalue weighted by Crippen LogP contribution is -2.32. The number of hydrogen-bond acceptors (Lipinski definition) is 5. The summed E-state index contributed by atoms with van der Waals surface area (Å²) in [6.07, 6.45) is 1.65. The summed E-state index contributed by atoms with van der Waals surface area (Å²) in [4.78, 5) is 30.9. The van der Waals surface area contributed by atoms with Crippen LogP contribution in [0.5, 0.6) is 5.75 Å². The van der Waals surface area contributed by atoms with Crippen molar-refractivity contribution in [2.24, 2.45) is 4.99 Å². The fraction of sp³-hybridized carbons (Fsp3) is 0.0417. The molecule has 0 radical (unpaired) electrons. The van der Waals surface area contributed by atoms with Crippen LogP contribution in [0, 0.1) is 0 Å². The average molecular weight is 433 g/mol. The summed E-state index contributed by atoms with van der Waals surface area (Å²) in [5.74, 6) is -0.197. The number of benzene rings is 3. The van der Waals surface area contributed by atoms with Crippen molar-refractivity contribution in [3.63, 3.8) is 0 Å². The van der Waals surface area contributed by atoms with Crippen LogP contribution >= 0.6 is 11.6 Å². The summed E-state index contributed by atoms with van der Waals surface area (Å²) in [6.45, 7) is 0. The van der Waals surface area contributed by atoms with Crippen LogP contribution in [0.25, 0.3) is 6.08 Å². The lowest BCUT2D eigenvalue weighted by molar-refractivity contribution is -0.113. The number of amidine groups is 1. The van der Waals surface area contributed by atoms with Crippen LogP contribution in [0.15, 0.2) is 83.5 Å². The summed E-state index contributed by atoms with van der Waals surface area (Å²) in [5.41, 5.74) is 2.65. The minimum atomic E-state index is -0.433. The predicted molar refractivity (Wildman–Crippen MR) is 119 cm³/mol. The van der Waals surface area contributed by atoms with Gasteiger partial charge in [-0.05, 0) is 72.3 Å². The van der Waals surface area contributed by atoms with Crippen LogP contribution < -0.4 is 4.90 Å². The molecule has 0 saturated carbocycles. The van der Waals surface area contributed by atoms with Crippen molar-refractivity contribution in [1.82, 2.24) is 0 Å². The first-order valence-corrected chi connectivity index (χ1v) is 9.72. The van der Waals surface area contributed by atoms with E-state index in [1.807, 2.05) is 0 Å². The minimum absolute atomic E-state index is 0.0989. The number of aromatic hydroxyl groups is 1. The van der Waals surface area contributed by atoms with Crippen LogP contribution in [-0.4, -0.2) is 29.9 Å². The number of hydrogen-bond donors (Lipinski definition) is 1. The second kappa shape index (κ2) is 8.45. The Labute approximate surface area is 183 Å². The number of anilines is 1. The Morgan fingerprint density at radius 1 is 1.00 bits per heavy atom. The Hall–Kier alpha value is -3.90. The first-order valence-electron chi connectivity index (χ1n) is 9.34. The molecule has 3 aromatic carbocycles. The maximum absolute atomic E-state index is 13.2. The normalized spacial score (nSPS) is 14.6. The minimum Gasteiger partial charge on any atom is -0.508 e. The van der Waals surface area contributed by atoms with Crippen LogP contribution in [-0.2, 0) is 9.53 Å². The molecule has 1 heterocycles. The summed E-state index contributed by atoms with van der Waals surface area (Å²) < 4.78 is 4.71. The van der Waals surface area contributed by atoms with Gasteiger partial charge in [-0.15, -0.1) is 0 Å². The molecule has 154 valence electrons. The molecule has 7 heteroatoms. The van der Waals surface area contributed by atoms with Gasteiger partial charge in [0.15, 0.2) is 0 Å². The van der Waals surface area contributed by atoms with E-state index in [0.29, 0.717) is 27.7 Å². The van der Waals surface area contributed by atoms with Gasteiger partial charge in [-0.1, -0.05) is 23.7 Å². The lowest BCUT2D eigenvalue weighted by Gasteiger charge is -2.18. The molecule has 1 aliphatic rings. The monoisotopic (exact) mass is 432 g/mol. The molecule has 3 aromatic rings. The Morgan fingerprint density at radius 3 is 2.26 bits per heavy atom. The number of rotatable bonds is 4. The molecule has 1 aliphatic heterocycles. The SMILES string of the molecule is COC(=O)c1ccc(/C=C2/N=C(c3ccc(Cl)cc3)N(c3ccc(O)cc3)C2=O)cc1. The quantitative estimate of drug-likeness (QED) is 0.480. The molecule has 1 amide bonds. The molecular weight excluding hydrogens is 416 g/mol. The Kier molecular flexibility index (Phi) is 5.56. The first kappa shape index (κ1) is 20.4. The number of amides is 1. The molecule has 0 spiro atoms. The Balaban J connectivity index is 1.75. The average Bonchev–Trinajstić information content (AvgIpc) is 3.10. The van der Waals surface area contributed by atoms with Gasteiger partial charge in [0, 0.05) is 10.6 Å². The number of carbonyl (C=O) groups is 2. The summed E-state index contributed by atoms with van der Waals surface area (Å²) in [5, 5.41) is 10.2. The van der Waals surface area contributed by atoms with Crippen molar-refractivity contribution in [3.05, 3.63) is 100 Å². The highest BCUT2D eigenvalue weighted by atomic mass is 35.5. The molecule has 31 heavy (non-hydrogen) atoms. The number of carbonyl (C=O) groups excluding carboxylic acids is 2. The van der Waals surface area contributed by atoms with E-state index < -0.39 is 5.97 Å². The highest BCUT2D eigenvalue weighted by molar-refractivity contribution is 6.34. The predicted octanol–water partition coefficient (Wildman–Crippen LogP) is 4.67. The molecule has 6 nitrogen and oxygen atoms in total. The van der Waals surface area contributed by atoms with Gasteiger partial charge >= 0.3 is 5.97 Å². The van der Waals surface area contributed by atoms with Crippen LogP contribution in [0.2, 0.25) is 5.02 Å². The molecule has 0 bridgehead atoms. The van der Waals surface area contributed by atoms with Crippen LogP contribution in [0.3, 0.4) is 0 Å². The molecule has 0 fully saturated rings. The zero-order valence-electron chi connectivity index (χ0n) is 16.4. The highest BCUT2D eigenvalue weighted by Gasteiger charge is 2.32. The van der Waals surface area contributed by atoms with Gasteiger partial charge in [-0.25, -0.2) is 9.79 Å². The van der Waals surface area contributed by atoms with Gasteiger partial charge in [0.25, 0.3) is 5.91 Å². The molecule has 0 unspecified atom stereocenters. The number of phenols is 1. The van der Waals surface area contributed by atoms with E-state index in [1.54, 1.807) is 66.7 Å². The molecule has 1 N–H and O–H groups in total. The third-order valence-electron chi connectivity index (χ3n) is 4.71. The van der Waals surface area contributed by atoms with Crippen molar-refractivity contribution < 1.29 is 19.4 Å². The van der Waals surface area contributed by atoms with Gasteiger partial charge < -0.3 is 9.84 Å². The number of aliphatic imine (C=N–C) groups is 1. The van der Waals surface area contributed by atoms with Gasteiger partial charge in [-0.2, -0.15) is 0 Å². The highest BCUT2D eigenvalue weighted by Crippen LogP contribution is 2.29. The zero-order valence-corrected chi connectivity index (χ0v) is 17.2. The van der Waals surface area contributed by atoms with Crippen molar-refractivity contribution in [2.45, 2.75) is 0 Å². The van der Waals surface area contributed by atoms with Crippen molar-refractivity contribution in [2.75, 3.05) is 12.0 Å². The van der Waals surface area contributed by atoms with E-state index in [1.165, 1.54) is 24.1 Å². The molecule has 0 aliphatic carbocycles. The number of halogens is 1. The standard InChI is InChI=1S/C24H17ClN2O4/c1-31-24(30)17-4-2-15(3-5-17)14-21-23(29)27(19-10-12-20(28)13-11-19)22(26-21)16-6-8-18(25)9-7-16/h2-14,28H,1H3/b21-14+. The topological polar surface area (TPSA) is 79.2 Å². The van der Waals surface area contributed by atoms with E-state index in [-0.39, 0.29) is 17.4 Å². The number of methoxy groups -OCH3 is 1. The van der Waals surface area contributed by atoms with E-state index in [0.717, 1.165) is 5.56 Å². The van der Waals surface area contributed by atoms with Crippen LogP contribution in [0.4, 0.5) is 5.69 Å². The number of ether oxygens (including phenoxy) is 1. The number of esters is 1. The fourth-order valence-electron chi connectivity index (χ4n) is 3.14. The van der Waals surface area contributed by atoms with Gasteiger partial charge in [-0.3, -0.25) is 9.69 Å². The summed E-state index contributed by atoms with van der Waals surface area (Å²) in [7, 11) is 1.32. The van der Waals surface area contributed by atoms with Gasteiger partial charge in [0.05, 0.1) is 18.4 Å². The largest absolute Gasteiger partial charge is 0.508 e. The Bertz CT molecular complexity index is 1200. The van der Waals surface area contributed by atoms with E-state index in [2.05, 4.69) is 4.99 Å². The Morgan fingerprint density at radius 2 is 1.65 bits per heavy atom. The number of phenolic OH excluding ortho intramolecular Hbond substituents is 1. The van der Waals surface area contributed by atoms with Crippen LogP contribution in [0.1, 0.15) is 21.5 Å². The molecular formula is C24H17ClN2O4. The maximum Gasteiger partial charge on any atom is 0.337 e. The van der Waals surface area contributed by atoms with Gasteiger partial charge in [0.1, 0.15) is 17.3 Å². The zero-order chi connectivity index (χ0) is 22.0. The van der Waals surface area contributed by atoms with Crippen molar-refractivity contribution in [1.29, 1.82) is 0 Å². The molecule has 4 rings (SSSR count). The van der Waals surface area contributed by atoms with E-state index in [4.69, 9.17) is 16.3 Å². The smallest absolute Gasteiger partial charge is 0.337 e. The molecule has 0 aromatic heterocycles. The fourth-order valence-corrected chi connectivity index (χ4v) is 3.27. The van der Waals surface area contributed by atoms with E-state index in [9.17, 15) is 14.7 Å². The molecule has 0 saturated heterocycles. The third-order valence-corrected chi connectivity index (χ3v) is 4.96. The second-order valence-corrected chi connectivity index (χ2v) is 7.18. The first-order chi connectivity index (χ1) is 15.0. The van der Waals surface area contributed by atoms with Crippen molar-refractivity contribution in [3.8, 4) is 5.75 Å². The summed E-state index contributed by atoms with van der Waals surface area (Å²) in [6, 6.07) is 20.0. The van der Waals surface area contributed by atoms with Gasteiger partial charge in [0.2, 0.25) is 0 Å². The summed E-state index contributed by atoms with van der Waals surface area (Å²) >= 11 is 6.01. The van der Waals surface area contributed by atoms with E-state index >= 15 is 0 Å². The second-order valence-electron chi connectivity index (χ2n) is 6.74. The van der Waals surface area contributed by atoms with Crippen molar-refractivity contribution >= 4 is 41.1 Å².